The molecule has 7 heteroatoms. The van der Waals surface area contributed by atoms with Gasteiger partial charge < -0.3 is 9.84 Å². The van der Waals surface area contributed by atoms with Crippen molar-refractivity contribution >= 4 is 11.6 Å². The molecule has 3 atom stereocenters. The van der Waals surface area contributed by atoms with Gasteiger partial charge in [-0.15, -0.1) is 11.6 Å². The fourth-order valence-corrected chi connectivity index (χ4v) is 1.98. The molecule has 1 aliphatic heterocycles. The molecule has 1 aromatic heterocycles. The Labute approximate surface area is 101 Å². The zero-order chi connectivity index (χ0) is 12.8. The van der Waals surface area contributed by atoms with E-state index in [1.54, 1.807) is 0 Å². The van der Waals surface area contributed by atoms with Crippen molar-refractivity contribution in [3.63, 3.8) is 0 Å². The predicted octanol–water partition coefficient (Wildman–Crippen LogP) is -0.0625. The van der Waals surface area contributed by atoms with E-state index in [1.165, 1.54) is 19.2 Å². The molecule has 0 aromatic carbocycles. The molecule has 6 nitrogen and oxygen atoms in total. The first-order valence-corrected chi connectivity index (χ1v) is 5.25. The van der Waals surface area contributed by atoms with E-state index in [9.17, 15) is 14.7 Å². The van der Waals surface area contributed by atoms with Crippen LogP contribution in [0.1, 0.15) is 13.2 Å². The number of hydrogen-bond acceptors (Lipinski definition) is 4. The van der Waals surface area contributed by atoms with Crippen molar-refractivity contribution in [2.45, 2.75) is 24.1 Å². The van der Waals surface area contributed by atoms with Gasteiger partial charge in [-0.25, -0.2) is 4.79 Å². The van der Waals surface area contributed by atoms with Crippen molar-refractivity contribution in [2.24, 2.45) is 0 Å². The van der Waals surface area contributed by atoms with E-state index >= 15 is 0 Å². The molecule has 0 saturated carbocycles. The normalized spacial score (nSPS) is 32.5. The van der Waals surface area contributed by atoms with Crippen LogP contribution in [0.15, 0.2) is 34.2 Å². The Hall–Kier alpha value is -1.53. The van der Waals surface area contributed by atoms with Crippen molar-refractivity contribution in [3.05, 3.63) is 45.4 Å². The molecule has 17 heavy (non-hydrogen) atoms. The van der Waals surface area contributed by atoms with Gasteiger partial charge in [-0.05, 0) is 6.92 Å². The number of aromatic amines is 1. The minimum absolute atomic E-state index is 0.0885. The molecule has 2 heterocycles. The van der Waals surface area contributed by atoms with Crippen LogP contribution in [0, 0.1) is 0 Å². The van der Waals surface area contributed by atoms with E-state index in [0.29, 0.717) is 0 Å². The third kappa shape index (κ3) is 1.79. The summed E-state index contributed by atoms with van der Waals surface area (Å²) in [6, 6.07) is 1.17. The highest BCUT2D eigenvalue weighted by Gasteiger charge is 2.50. The first-order valence-electron chi connectivity index (χ1n) is 4.88. The molecule has 1 saturated heterocycles. The zero-order valence-corrected chi connectivity index (χ0v) is 9.77. The number of hydrogen-bond donors (Lipinski definition) is 2. The van der Waals surface area contributed by atoms with Crippen LogP contribution in [-0.2, 0) is 4.74 Å². The summed E-state index contributed by atoms with van der Waals surface area (Å²) in [5, 5.41) is 9.76. The molecule has 0 amide bonds. The lowest BCUT2D eigenvalue weighted by molar-refractivity contribution is 0.0740. The van der Waals surface area contributed by atoms with Gasteiger partial charge in [-0.1, -0.05) is 6.58 Å². The Balaban J connectivity index is 2.52. The van der Waals surface area contributed by atoms with Crippen LogP contribution in [0.3, 0.4) is 0 Å². The molecular weight excluding hydrogens is 248 g/mol. The molecule has 0 radical (unpaired) electrons. The van der Waals surface area contributed by atoms with Gasteiger partial charge in [0.05, 0.1) is 0 Å². The van der Waals surface area contributed by atoms with Crippen LogP contribution in [0.5, 0.6) is 0 Å². The Morgan fingerprint density at radius 3 is 2.76 bits per heavy atom. The van der Waals surface area contributed by atoms with E-state index in [0.717, 1.165) is 4.57 Å². The number of aliphatic hydroxyl groups is 1. The monoisotopic (exact) mass is 258 g/mol. The molecule has 92 valence electrons. The number of aromatic nitrogens is 2. The van der Waals surface area contributed by atoms with Crippen LogP contribution >= 0.6 is 11.6 Å². The Morgan fingerprint density at radius 2 is 2.29 bits per heavy atom. The molecule has 1 aromatic rings. The van der Waals surface area contributed by atoms with Gasteiger partial charge in [0.2, 0.25) is 6.23 Å². The van der Waals surface area contributed by atoms with Crippen LogP contribution in [0.4, 0.5) is 0 Å². The van der Waals surface area contributed by atoms with E-state index in [-0.39, 0.29) is 5.76 Å². The maximum atomic E-state index is 11.6. The lowest BCUT2D eigenvalue weighted by atomic mass is 10.0. The molecular formula is C10H11ClN2O4. The number of rotatable bonds is 1. The maximum Gasteiger partial charge on any atom is 0.331 e. The van der Waals surface area contributed by atoms with E-state index in [2.05, 4.69) is 11.6 Å². The fraction of sp³-hybridized carbons (Fsp3) is 0.400. The molecule has 0 unspecified atom stereocenters. The van der Waals surface area contributed by atoms with Gasteiger partial charge >= 0.3 is 5.69 Å². The van der Waals surface area contributed by atoms with Crippen molar-refractivity contribution in [1.82, 2.24) is 9.55 Å². The summed E-state index contributed by atoms with van der Waals surface area (Å²) in [4.78, 5) is 23.4. The standard InChI is InChI=1S/C10H11ClN2O4/c1-5-7(15)10(2,11)8(17-5)13-4-3-6(14)12-9(13)16/h3-4,7-8,15H,1H2,2H3,(H,12,14,16)/t7-,8-,10-/m1/s1. The second-order valence-electron chi connectivity index (χ2n) is 4.01. The van der Waals surface area contributed by atoms with Gasteiger partial charge in [0.25, 0.3) is 5.56 Å². The topological polar surface area (TPSA) is 84.3 Å². The number of aliphatic hydroxyl groups excluding tert-OH is 1. The average molecular weight is 259 g/mol. The van der Waals surface area contributed by atoms with Crippen LogP contribution < -0.4 is 11.2 Å². The van der Waals surface area contributed by atoms with Crippen molar-refractivity contribution in [3.8, 4) is 0 Å². The Kier molecular flexibility index (Phi) is 2.63. The lowest BCUT2D eigenvalue weighted by Crippen LogP contribution is -2.41. The van der Waals surface area contributed by atoms with Gasteiger partial charge in [-0.2, -0.15) is 0 Å². The first-order chi connectivity index (χ1) is 7.84. The van der Waals surface area contributed by atoms with E-state index in [4.69, 9.17) is 16.3 Å². The second kappa shape index (κ2) is 3.75. The Bertz CT molecular complexity index is 574. The summed E-state index contributed by atoms with van der Waals surface area (Å²) in [5.41, 5.74) is -1.17. The zero-order valence-electron chi connectivity index (χ0n) is 9.01. The third-order valence-corrected chi connectivity index (χ3v) is 3.08. The second-order valence-corrected chi connectivity index (χ2v) is 4.82. The number of alkyl halides is 1. The number of ether oxygens (including phenoxy) is 1. The summed E-state index contributed by atoms with van der Waals surface area (Å²) < 4.78 is 6.37. The lowest BCUT2D eigenvalue weighted by Gasteiger charge is -2.25. The van der Waals surface area contributed by atoms with Gasteiger partial charge in [0.1, 0.15) is 16.7 Å². The number of H-pyrrole nitrogens is 1. The largest absolute Gasteiger partial charge is 0.470 e. The van der Waals surface area contributed by atoms with Gasteiger partial charge in [0, 0.05) is 12.3 Å². The smallest absolute Gasteiger partial charge is 0.331 e. The third-order valence-electron chi connectivity index (χ3n) is 2.69. The van der Waals surface area contributed by atoms with Crippen LogP contribution in [0.2, 0.25) is 0 Å². The SMILES string of the molecule is C=C1O[C@@H](n2ccc(=O)[nH]c2=O)[C@](C)(Cl)[C@@H]1O. The van der Waals surface area contributed by atoms with Crippen LogP contribution in [0.25, 0.3) is 0 Å². The molecule has 1 fully saturated rings. The van der Waals surface area contributed by atoms with Gasteiger partial charge in [0.15, 0.2) is 0 Å². The maximum absolute atomic E-state index is 11.6. The minimum Gasteiger partial charge on any atom is -0.470 e. The highest BCUT2D eigenvalue weighted by molar-refractivity contribution is 6.24. The average Bonchev–Trinajstić information content (AvgIpc) is 2.43. The molecule has 0 bridgehead atoms. The molecule has 0 aliphatic carbocycles. The van der Waals surface area contributed by atoms with Gasteiger partial charge in [-0.3, -0.25) is 14.3 Å². The number of nitrogens with zero attached hydrogens (tertiary/aromatic N) is 1. The quantitative estimate of drug-likeness (QED) is 0.691. The molecule has 1 aliphatic rings. The minimum atomic E-state index is -1.22. The fourth-order valence-electron chi connectivity index (χ4n) is 1.71. The summed E-state index contributed by atoms with van der Waals surface area (Å²) in [5.74, 6) is 0.0885. The number of nitrogens with one attached hydrogen (secondary N) is 1. The van der Waals surface area contributed by atoms with Crippen LogP contribution in [-0.4, -0.2) is 25.6 Å². The molecule has 2 rings (SSSR count). The summed E-state index contributed by atoms with van der Waals surface area (Å²) >= 11 is 6.14. The van der Waals surface area contributed by atoms with E-state index in [1.807, 2.05) is 0 Å². The first kappa shape index (κ1) is 11.9. The van der Waals surface area contributed by atoms with Crippen molar-refractivity contribution in [1.29, 1.82) is 0 Å². The predicted molar refractivity (Wildman–Crippen MR) is 60.8 cm³/mol. The number of halogens is 1. The summed E-state index contributed by atoms with van der Waals surface area (Å²) in [7, 11) is 0. The highest BCUT2D eigenvalue weighted by Crippen LogP contribution is 2.43. The summed E-state index contributed by atoms with van der Waals surface area (Å²) in [6.07, 6.45) is -0.748. The molecule has 0 spiro atoms. The summed E-state index contributed by atoms with van der Waals surface area (Å²) in [6.45, 7) is 5.04. The Morgan fingerprint density at radius 1 is 1.65 bits per heavy atom. The van der Waals surface area contributed by atoms with Crippen molar-refractivity contribution < 1.29 is 9.84 Å². The molecule has 2 N–H and O–H groups in total. The highest BCUT2D eigenvalue weighted by atomic mass is 35.5. The van der Waals surface area contributed by atoms with E-state index < -0.39 is 28.5 Å². The van der Waals surface area contributed by atoms with Crippen molar-refractivity contribution in [2.75, 3.05) is 0 Å².